The molecular weight excluding hydrogens is 264 g/mol. The van der Waals surface area contributed by atoms with E-state index in [1.54, 1.807) is 0 Å². The van der Waals surface area contributed by atoms with E-state index in [1.807, 2.05) is 0 Å². The summed E-state index contributed by atoms with van der Waals surface area (Å²) in [6.07, 6.45) is 2.42. The third-order valence-electron chi connectivity index (χ3n) is 4.02. The summed E-state index contributed by atoms with van der Waals surface area (Å²) in [6.45, 7) is 2.21. The van der Waals surface area contributed by atoms with Gasteiger partial charge in [0.2, 0.25) is 5.91 Å². The van der Waals surface area contributed by atoms with Crippen molar-refractivity contribution in [2.75, 3.05) is 32.9 Å². The summed E-state index contributed by atoms with van der Waals surface area (Å²) in [6, 6.07) is 0.101. The first-order valence-electron chi connectivity index (χ1n) is 7.16. The third-order valence-corrected chi connectivity index (χ3v) is 4.02. The third kappa shape index (κ3) is 3.04. The van der Waals surface area contributed by atoms with Crippen LogP contribution in [0.1, 0.15) is 19.3 Å². The maximum Gasteiger partial charge on any atom is 0.410 e. The van der Waals surface area contributed by atoms with Gasteiger partial charge in [-0.25, -0.2) is 4.79 Å². The Labute approximate surface area is 117 Å². The van der Waals surface area contributed by atoms with E-state index in [2.05, 4.69) is 5.32 Å². The molecule has 1 aliphatic carbocycles. The molecular formula is C13H20N2O5. The van der Waals surface area contributed by atoms with Crippen LogP contribution in [-0.4, -0.2) is 68.1 Å². The molecule has 3 fully saturated rings. The highest BCUT2D eigenvalue weighted by atomic mass is 16.6. The number of carbonyl (C=O) groups is 2. The summed E-state index contributed by atoms with van der Waals surface area (Å²) in [5, 5.41) is 2.98. The van der Waals surface area contributed by atoms with Crippen LogP contribution in [0.25, 0.3) is 0 Å². The van der Waals surface area contributed by atoms with Crippen molar-refractivity contribution in [2.45, 2.75) is 37.5 Å². The number of amides is 2. The van der Waals surface area contributed by atoms with E-state index in [9.17, 15) is 9.59 Å². The monoisotopic (exact) mass is 284 g/mol. The molecule has 0 aromatic rings. The fourth-order valence-electron chi connectivity index (χ4n) is 3.01. The van der Waals surface area contributed by atoms with Gasteiger partial charge >= 0.3 is 6.09 Å². The zero-order chi connectivity index (χ0) is 13.9. The highest BCUT2D eigenvalue weighted by Gasteiger charge is 2.35. The van der Waals surface area contributed by atoms with Gasteiger partial charge in [-0.3, -0.25) is 9.69 Å². The van der Waals surface area contributed by atoms with Crippen molar-refractivity contribution in [1.82, 2.24) is 10.2 Å². The van der Waals surface area contributed by atoms with E-state index in [4.69, 9.17) is 14.2 Å². The van der Waals surface area contributed by atoms with Crippen LogP contribution in [0.2, 0.25) is 0 Å². The molecule has 0 aromatic heterocycles. The summed E-state index contributed by atoms with van der Waals surface area (Å²) in [4.78, 5) is 24.6. The normalized spacial score (nSPS) is 33.5. The van der Waals surface area contributed by atoms with Crippen LogP contribution >= 0.6 is 0 Å². The highest BCUT2D eigenvalue weighted by Crippen LogP contribution is 2.26. The van der Waals surface area contributed by atoms with Crippen molar-refractivity contribution in [3.05, 3.63) is 0 Å². The Kier molecular flexibility index (Phi) is 4.07. The number of nitrogens with zero attached hydrogens (tertiary/aromatic N) is 1. The quantitative estimate of drug-likeness (QED) is 0.782. The van der Waals surface area contributed by atoms with E-state index in [1.165, 1.54) is 4.90 Å². The molecule has 2 amide bonds. The molecule has 0 spiro atoms. The van der Waals surface area contributed by atoms with E-state index in [0.29, 0.717) is 26.4 Å². The average molecular weight is 284 g/mol. The molecule has 20 heavy (non-hydrogen) atoms. The summed E-state index contributed by atoms with van der Waals surface area (Å²) in [7, 11) is 0. The number of nitrogens with one attached hydrogen (secondary N) is 1. The van der Waals surface area contributed by atoms with Crippen LogP contribution in [0, 0.1) is 0 Å². The lowest BCUT2D eigenvalue weighted by Crippen LogP contribution is -2.50. The van der Waals surface area contributed by atoms with Gasteiger partial charge in [0, 0.05) is 6.04 Å². The minimum absolute atomic E-state index is 0.0702. The molecule has 1 saturated carbocycles. The Morgan fingerprint density at radius 2 is 2.00 bits per heavy atom. The van der Waals surface area contributed by atoms with Crippen molar-refractivity contribution in [2.24, 2.45) is 0 Å². The molecule has 3 aliphatic rings. The number of hydrogen-bond acceptors (Lipinski definition) is 5. The first-order chi connectivity index (χ1) is 9.72. The highest BCUT2D eigenvalue weighted by molar-refractivity contribution is 5.83. The second-order valence-corrected chi connectivity index (χ2v) is 5.43. The maximum atomic E-state index is 11.9. The molecule has 0 radical (unpaired) electrons. The molecule has 2 heterocycles. The fourth-order valence-corrected chi connectivity index (χ4v) is 3.01. The summed E-state index contributed by atoms with van der Waals surface area (Å²) in [5.41, 5.74) is 0. The minimum atomic E-state index is -0.409. The molecule has 7 heteroatoms. The first kappa shape index (κ1) is 13.6. The molecule has 3 rings (SSSR count). The Bertz CT molecular complexity index is 389. The van der Waals surface area contributed by atoms with Gasteiger partial charge in [0.1, 0.15) is 13.2 Å². The van der Waals surface area contributed by atoms with Gasteiger partial charge in [0.05, 0.1) is 32.0 Å². The molecule has 0 unspecified atom stereocenters. The van der Waals surface area contributed by atoms with Gasteiger partial charge in [0.25, 0.3) is 0 Å². The maximum absolute atomic E-state index is 11.9. The van der Waals surface area contributed by atoms with E-state index < -0.39 is 6.09 Å². The average Bonchev–Trinajstić information content (AvgIpc) is 2.84. The number of ether oxygens (including phenoxy) is 3. The topological polar surface area (TPSA) is 77.1 Å². The zero-order valence-corrected chi connectivity index (χ0v) is 11.4. The predicted molar refractivity (Wildman–Crippen MR) is 68.2 cm³/mol. The SMILES string of the molecule is O=C(CN1CCOC1=O)N[C@@H]1CC[C@@H]2OCCO[C@@H]2C1. The van der Waals surface area contributed by atoms with Gasteiger partial charge in [-0.2, -0.15) is 0 Å². The standard InChI is InChI=1S/C13H20N2O5/c16-12(8-15-3-4-20-13(15)17)14-9-1-2-10-11(7-9)19-6-5-18-10/h9-11H,1-8H2,(H,14,16)/t9-,10+,11-/m1/s1. The Morgan fingerprint density at radius 3 is 2.75 bits per heavy atom. The molecule has 3 atom stereocenters. The second-order valence-electron chi connectivity index (χ2n) is 5.43. The summed E-state index contributed by atoms with van der Waals surface area (Å²) >= 11 is 0. The van der Waals surface area contributed by atoms with Crippen molar-refractivity contribution in [1.29, 1.82) is 0 Å². The van der Waals surface area contributed by atoms with Gasteiger partial charge in [-0.05, 0) is 19.3 Å². The molecule has 2 aliphatic heterocycles. The van der Waals surface area contributed by atoms with Gasteiger partial charge in [-0.15, -0.1) is 0 Å². The number of hydrogen-bond donors (Lipinski definition) is 1. The molecule has 1 N–H and O–H groups in total. The lowest BCUT2D eigenvalue weighted by atomic mass is 9.89. The number of cyclic esters (lactones) is 1. The Balaban J connectivity index is 1.45. The van der Waals surface area contributed by atoms with Crippen molar-refractivity contribution in [3.63, 3.8) is 0 Å². The minimum Gasteiger partial charge on any atom is -0.448 e. The largest absolute Gasteiger partial charge is 0.448 e. The lowest BCUT2D eigenvalue weighted by Gasteiger charge is -2.39. The smallest absolute Gasteiger partial charge is 0.410 e. The number of carbonyl (C=O) groups excluding carboxylic acids is 2. The van der Waals surface area contributed by atoms with Gasteiger partial charge in [-0.1, -0.05) is 0 Å². The van der Waals surface area contributed by atoms with E-state index in [-0.39, 0.29) is 30.7 Å². The number of rotatable bonds is 3. The fraction of sp³-hybridized carbons (Fsp3) is 0.846. The Hall–Kier alpha value is -1.34. The van der Waals surface area contributed by atoms with Crippen molar-refractivity contribution in [3.8, 4) is 0 Å². The van der Waals surface area contributed by atoms with Crippen LogP contribution in [0.15, 0.2) is 0 Å². The van der Waals surface area contributed by atoms with Gasteiger partial charge in [0.15, 0.2) is 0 Å². The van der Waals surface area contributed by atoms with E-state index in [0.717, 1.165) is 19.3 Å². The predicted octanol–water partition coefficient (Wildman–Crippen LogP) is -0.109. The molecule has 2 saturated heterocycles. The Morgan fingerprint density at radius 1 is 1.20 bits per heavy atom. The van der Waals surface area contributed by atoms with E-state index >= 15 is 0 Å². The van der Waals surface area contributed by atoms with Crippen LogP contribution in [0.3, 0.4) is 0 Å². The molecule has 0 aromatic carbocycles. The molecule has 7 nitrogen and oxygen atoms in total. The molecule has 0 bridgehead atoms. The lowest BCUT2D eigenvalue weighted by molar-refractivity contribution is -0.158. The first-order valence-corrected chi connectivity index (χ1v) is 7.16. The number of fused-ring (bicyclic) bond motifs is 1. The van der Waals surface area contributed by atoms with Crippen LogP contribution in [-0.2, 0) is 19.0 Å². The summed E-state index contributed by atoms with van der Waals surface area (Å²) in [5.74, 6) is -0.135. The van der Waals surface area contributed by atoms with Crippen molar-refractivity contribution < 1.29 is 23.8 Å². The second kappa shape index (κ2) is 5.97. The van der Waals surface area contributed by atoms with Gasteiger partial charge < -0.3 is 19.5 Å². The van der Waals surface area contributed by atoms with Crippen LogP contribution in [0.4, 0.5) is 4.79 Å². The van der Waals surface area contributed by atoms with Crippen LogP contribution < -0.4 is 5.32 Å². The summed E-state index contributed by atoms with van der Waals surface area (Å²) < 4.78 is 16.1. The zero-order valence-electron chi connectivity index (χ0n) is 11.4. The van der Waals surface area contributed by atoms with Crippen molar-refractivity contribution >= 4 is 12.0 Å². The van der Waals surface area contributed by atoms with Crippen LogP contribution in [0.5, 0.6) is 0 Å². The molecule has 112 valence electrons.